The number of carbonyl (C=O) groups is 1. The van der Waals surface area contributed by atoms with Crippen LogP contribution in [0.15, 0.2) is 11.6 Å². The van der Waals surface area contributed by atoms with Gasteiger partial charge < -0.3 is 19.7 Å². The zero-order valence-electron chi connectivity index (χ0n) is 12.1. The van der Waals surface area contributed by atoms with E-state index in [1.807, 2.05) is 19.9 Å². The first-order valence-electron chi connectivity index (χ1n) is 7.25. The molecular weight excluding hydrogens is 260 g/mol. The van der Waals surface area contributed by atoms with Crippen LogP contribution in [-0.4, -0.2) is 46.2 Å². The number of aliphatic hydroxyl groups excluding tert-OH is 2. The second-order valence-electron chi connectivity index (χ2n) is 6.56. The fraction of sp³-hybridized carbons (Fsp3) is 0.800. The quantitative estimate of drug-likeness (QED) is 0.390. The van der Waals surface area contributed by atoms with Crippen molar-refractivity contribution in [2.45, 2.75) is 63.6 Å². The van der Waals surface area contributed by atoms with Crippen molar-refractivity contribution in [3.8, 4) is 0 Å². The second-order valence-corrected chi connectivity index (χ2v) is 6.56. The lowest BCUT2D eigenvalue weighted by atomic mass is 9.81. The fourth-order valence-corrected chi connectivity index (χ4v) is 3.38. The number of ether oxygens (including phenoxy) is 2. The van der Waals surface area contributed by atoms with Gasteiger partial charge in [-0.2, -0.15) is 0 Å². The zero-order valence-corrected chi connectivity index (χ0v) is 12.1. The van der Waals surface area contributed by atoms with Gasteiger partial charge in [0.05, 0.1) is 24.2 Å². The zero-order chi connectivity index (χ0) is 14.7. The van der Waals surface area contributed by atoms with Gasteiger partial charge in [-0.25, -0.2) is 0 Å². The van der Waals surface area contributed by atoms with Gasteiger partial charge in [-0.1, -0.05) is 6.92 Å². The van der Waals surface area contributed by atoms with E-state index in [9.17, 15) is 15.0 Å². The first-order chi connectivity index (χ1) is 9.33. The predicted octanol–water partition coefficient (Wildman–Crippen LogP) is 0.783. The number of carbonyl (C=O) groups excluding carboxylic acids is 1. The summed E-state index contributed by atoms with van der Waals surface area (Å²) in [7, 11) is 0. The number of esters is 1. The SMILES string of the molecule is C/C1=C\[C@H]2OC(=O)[C@@H](C)[C@@H]2C[C@@H]2O[C@]2(C)[C@@H](O)C[C@@H]1O. The number of epoxide rings is 1. The third kappa shape index (κ3) is 2.08. The molecule has 5 heteroatoms. The summed E-state index contributed by atoms with van der Waals surface area (Å²) < 4.78 is 11.1. The summed E-state index contributed by atoms with van der Waals surface area (Å²) >= 11 is 0. The van der Waals surface area contributed by atoms with E-state index < -0.39 is 17.8 Å². The number of fused-ring (bicyclic) bond motifs is 2. The Labute approximate surface area is 118 Å². The molecule has 2 heterocycles. The van der Waals surface area contributed by atoms with Crippen molar-refractivity contribution in [1.29, 1.82) is 0 Å². The smallest absolute Gasteiger partial charge is 0.309 e. The average Bonchev–Trinajstić information content (AvgIpc) is 2.97. The van der Waals surface area contributed by atoms with Crippen LogP contribution in [0.3, 0.4) is 0 Å². The molecule has 2 aliphatic heterocycles. The third-order valence-corrected chi connectivity index (χ3v) is 5.21. The lowest BCUT2D eigenvalue weighted by molar-refractivity contribution is -0.142. The van der Waals surface area contributed by atoms with Crippen molar-refractivity contribution in [3.63, 3.8) is 0 Å². The van der Waals surface area contributed by atoms with Crippen LogP contribution in [0.4, 0.5) is 0 Å². The molecule has 2 fully saturated rings. The van der Waals surface area contributed by atoms with Crippen LogP contribution in [0.2, 0.25) is 0 Å². The van der Waals surface area contributed by atoms with Gasteiger partial charge >= 0.3 is 5.97 Å². The Balaban J connectivity index is 1.92. The maximum absolute atomic E-state index is 11.8. The van der Waals surface area contributed by atoms with Gasteiger partial charge in [0.2, 0.25) is 0 Å². The minimum absolute atomic E-state index is 0.0433. The Kier molecular flexibility index (Phi) is 3.19. The first-order valence-corrected chi connectivity index (χ1v) is 7.25. The van der Waals surface area contributed by atoms with Crippen molar-refractivity contribution < 1.29 is 24.5 Å². The molecule has 0 aromatic rings. The topological polar surface area (TPSA) is 79.3 Å². The molecule has 112 valence electrons. The van der Waals surface area contributed by atoms with Crippen molar-refractivity contribution >= 4 is 5.97 Å². The predicted molar refractivity (Wildman–Crippen MR) is 70.8 cm³/mol. The summed E-state index contributed by atoms with van der Waals surface area (Å²) in [5, 5.41) is 20.4. The van der Waals surface area contributed by atoms with E-state index in [1.54, 1.807) is 6.92 Å². The van der Waals surface area contributed by atoms with Gasteiger partial charge in [-0.3, -0.25) is 4.79 Å². The summed E-state index contributed by atoms with van der Waals surface area (Å²) in [4.78, 5) is 11.8. The summed E-state index contributed by atoms with van der Waals surface area (Å²) in [6.45, 7) is 5.54. The molecule has 3 rings (SSSR count). The highest BCUT2D eigenvalue weighted by Crippen LogP contribution is 2.48. The molecule has 0 aromatic carbocycles. The van der Waals surface area contributed by atoms with Crippen molar-refractivity contribution in [2.24, 2.45) is 11.8 Å². The summed E-state index contributed by atoms with van der Waals surface area (Å²) in [6.07, 6.45) is 0.975. The Morgan fingerprint density at radius 3 is 2.75 bits per heavy atom. The normalized spacial score (nSPS) is 54.2. The largest absolute Gasteiger partial charge is 0.458 e. The van der Waals surface area contributed by atoms with Crippen molar-refractivity contribution in [2.75, 3.05) is 0 Å². The minimum Gasteiger partial charge on any atom is -0.458 e. The van der Waals surface area contributed by atoms with Crippen LogP contribution in [0.1, 0.15) is 33.6 Å². The summed E-state index contributed by atoms with van der Waals surface area (Å²) in [6, 6.07) is 0. The lowest BCUT2D eigenvalue weighted by Gasteiger charge is -2.24. The van der Waals surface area contributed by atoms with E-state index >= 15 is 0 Å². The monoisotopic (exact) mass is 282 g/mol. The van der Waals surface area contributed by atoms with Gasteiger partial charge in [-0.05, 0) is 31.9 Å². The molecule has 20 heavy (non-hydrogen) atoms. The Morgan fingerprint density at radius 1 is 1.35 bits per heavy atom. The Hall–Kier alpha value is -0.910. The Bertz CT molecular complexity index is 459. The molecule has 0 saturated carbocycles. The van der Waals surface area contributed by atoms with E-state index in [2.05, 4.69) is 0 Å². The number of rotatable bonds is 0. The van der Waals surface area contributed by atoms with Crippen LogP contribution in [0.5, 0.6) is 0 Å². The molecule has 1 aliphatic carbocycles. The van der Waals surface area contributed by atoms with Crippen LogP contribution in [0.25, 0.3) is 0 Å². The van der Waals surface area contributed by atoms with E-state index in [-0.39, 0.29) is 36.4 Å². The molecule has 7 atom stereocenters. The standard InChI is InChI=1S/C15H22O5/c1-7-4-11-9(8(2)14(18)19-11)5-13-15(3,20-13)12(17)6-10(7)16/h4,8-13,16-17H,5-6H2,1-3H3/b7-4+/t8-,9-,10-,11+,12-,13-,15+/m0/s1. The fourth-order valence-electron chi connectivity index (χ4n) is 3.38. The molecule has 0 bridgehead atoms. The van der Waals surface area contributed by atoms with Crippen LogP contribution in [-0.2, 0) is 14.3 Å². The first kappa shape index (κ1) is 14.0. The minimum atomic E-state index is -0.736. The molecule has 3 aliphatic rings. The van der Waals surface area contributed by atoms with E-state index in [1.165, 1.54) is 0 Å². The second kappa shape index (κ2) is 4.55. The third-order valence-electron chi connectivity index (χ3n) is 5.21. The molecule has 2 saturated heterocycles. The Morgan fingerprint density at radius 2 is 2.05 bits per heavy atom. The summed E-state index contributed by atoms with van der Waals surface area (Å²) in [5.41, 5.74) is 0.137. The molecule has 0 unspecified atom stereocenters. The number of aliphatic hydroxyl groups is 2. The highest BCUT2D eigenvalue weighted by molar-refractivity contribution is 5.75. The number of hydrogen-bond acceptors (Lipinski definition) is 5. The van der Waals surface area contributed by atoms with E-state index in [0.29, 0.717) is 6.42 Å². The van der Waals surface area contributed by atoms with Gasteiger partial charge in [-0.15, -0.1) is 0 Å². The van der Waals surface area contributed by atoms with Crippen molar-refractivity contribution in [1.82, 2.24) is 0 Å². The van der Waals surface area contributed by atoms with Gasteiger partial charge in [0, 0.05) is 12.3 Å². The highest BCUT2D eigenvalue weighted by Gasteiger charge is 2.60. The van der Waals surface area contributed by atoms with Crippen LogP contribution < -0.4 is 0 Å². The molecule has 0 radical (unpaired) electrons. The molecule has 2 N–H and O–H groups in total. The van der Waals surface area contributed by atoms with Crippen LogP contribution >= 0.6 is 0 Å². The molecule has 5 nitrogen and oxygen atoms in total. The lowest BCUT2D eigenvalue weighted by Crippen LogP contribution is -2.35. The van der Waals surface area contributed by atoms with Gasteiger partial charge in [0.25, 0.3) is 0 Å². The van der Waals surface area contributed by atoms with Crippen molar-refractivity contribution in [3.05, 3.63) is 11.6 Å². The van der Waals surface area contributed by atoms with Gasteiger partial charge in [0.15, 0.2) is 0 Å². The van der Waals surface area contributed by atoms with Gasteiger partial charge in [0.1, 0.15) is 11.7 Å². The van der Waals surface area contributed by atoms with Crippen LogP contribution in [0, 0.1) is 11.8 Å². The summed E-state index contributed by atoms with van der Waals surface area (Å²) in [5.74, 6) is -0.325. The highest BCUT2D eigenvalue weighted by atomic mass is 16.6. The molecular formula is C15H22O5. The number of hydrogen-bond donors (Lipinski definition) is 2. The molecule has 0 amide bonds. The van der Waals surface area contributed by atoms with E-state index in [4.69, 9.17) is 9.47 Å². The molecule has 0 spiro atoms. The maximum atomic E-state index is 11.8. The maximum Gasteiger partial charge on any atom is 0.309 e. The molecule has 0 aromatic heterocycles. The average molecular weight is 282 g/mol. The van der Waals surface area contributed by atoms with E-state index in [0.717, 1.165) is 5.57 Å².